The summed E-state index contributed by atoms with van der Waals surface area (Å²) in [6.45, 7) is 4.36. The van der Waals surface area contributed by atoms with Crippen LogP contribution < -0.4 is 0 Å². The van der Waals surface area contributed by atoms with Gasteiger partial charge in [-0.3, -0.25) is 0 Å². The fourth-order valence-electron chi connectivity index (χ4n) is 3.75. The predicted octanol–water partition coefficient (Wildman–Crippen LogP) is 6.15. The lowest BCUT2D eigenvalue weighted by atomic mass is 10.1. The minimum absolute atomic E-state index is 0.936. The third-order valence-electron chi connectivity index (χ3n) is 5.05. The Morgan fingerprint density at radius 1 is 0.708 bits per heavy atom. The summed E-state index contributed by atoms with van der Waals surface area (Å²) in [6.07, 6.45) is 0. The number of benzene rings is 3. The highest BCUT2D eigenvalue weighted by Gasteiger charge is 2.16. The molecular formula is C22H17NO. The fraction of sp³-hybridized carbons (Fsp3) is 0.0909. The highest BCUT2D eigenvalue weighted by molar-refractivity contribution is 6.08. The monoisotopic (exact) mass is 311 g/mol. The maximum absolute atomic E-state index is 6.23. The number of nitrogens with zero attached hydrogens (tertiary/aromatic N) is 1. The van der Waals surface area contributed by atoms with Gasteiger partial charge in [-0.25, -0.2) is 0 Å². The molecule has 0 aliphatic carbocycles. The standard InChI is InChI=1S/C22H17NO/c1-14-15(2)23(19-11-5-3-8-16(14)19)20-12-7-10-18-17-9-4-6-13-21(17)24-22(18)20/h3-13H,1-2H3. The number of para-hydroxylation sites is 3. The van der Waals surface area contributed by atoms with Gasteiger partial charge < -0.3 is 8.98 Å². The molecule has 2 heteroatoms. The lowest BCUT2D eigenvalue weighted by Crippen LogP contribution is -1.97. The topological polar surface area (TPSA) is 18.1 Å². The molecule has 2 nitrogen and oxygen atoms in total. The van der Waals surface area contributed by atoms with Crippen LogP contribution in [0.2, 0.25) is 0 Å². The van der Waals surface area contributed by atoms with Crippen molar-refractivity contribution < 1.29 is 4.42 Å². The maximum Gasteiger partial charge on any atom is 0.159 e. The van der Waals surface area contributed by atoms with Gasteiger partial charge in [0, 0.05) is 21.9 Å². The van der Waals surface area contributed by atoms with Crippen LogP contribution in [0.25, 0.3) is 38.5 Å². The Labute approximate surface area is 139 Å². The Morgan fingerprint density at radius 3 is 2.29 bits per heavy atom. The molecule has 5 rings (SSSR count). The van der Waals surface area contributed by atoms with E-state index < -0.39 is 0 Å². The second kappa shape index (κ2) is 4.75. The van der Waals surface area contributed by atoms with Crippen LogP contribution in [0, 0.1) is 13.8 Å². The molecular weight excluding hydrogens is 294 g/mol. The van der Waals surface area contributed by atoms with Gasteiger partial charge in [-0.05, 0) is 37.6 Å². The first-order valence-electron chi connectivity index (χ1n) is 8.23. The normalized spacial score (nSPS) is 11.8. The molecule has 3 aromatic carbocycles. The van der Waals surface area contributed by atoms with Crippen molar-refractivity contribution >= 4 is 32.8 Å². The third-order valence-corrected chi connectivity index (χ3v) is 5.05. The minimum Gasteiger partial charge on any atom is -0.454 e. The minimum atomic E-state index is 0.936. The smallest absolute Gasteiger partial charge is 0.159 e. The number of hydrogen-bond donors (Lipinski definition) is 0. The number of aromatic nitrogens is 1. The summed E-state index contributed by atoms with van der Waals surface area (Å²) in [5.41, 5.74) is 6.78. The van der Waals surface area contributed by atoms with E-state index in [0.29, 0.717) is 0 Å². The Hall–Kier alpha value is -3.00. The van der Waals surface area contributed by atoms with Crippen molar-refractivity contribution in [2.75, 3.05) is 0 Å². The molecule has 0 fully saturated rings. The Kier molecular flexibility index (Phi) is 2.66. The van der Waals surface area contributed by atoms with Crippen LogP contribution in [0.15, 0.2) is 71.1 Å². The summed E-state index contributed by atoms with van der Waals surface area (Å²) in [5, 5.41) is 3.63. The fourth-order valence-corrected chi connectivity index (χ4v) is 3.75. The second-order valence-electron chi connectivity index (χ2n) is 6.32. The van der Waals surface area contributed by atoms with E-state index in [4.69, 9.17) is 4.42 Å². The van der Waals surface area contributed by atoms with Gasteiger partial charge in [-0.2, -0.15) is 0 Å². The highest BCUT2D eigenvalue weighted by atomic mass is 16.3. The molecule has 116 valence electrons. The number of hydrogen-bond acceptors (Lipinski definition) is 1. The van der Waals surface area contributed by atoms with Crippen LogP contribution in [0.4, 0.5) is 0 Å². The summed E-state index contributed by atoms with van der Waals surface area (Å²) in [4.78, 5) is 0. The lowest BCUT2D eigenvalue weighted by Gasteiger charge is -2.09. The first-order valence-corrected chi connectivity index (χ1v) is 8.23. The molecule has 2 aromatic heterocycles. The third kappa shape index (κ3) is 1.65. The molecule has 0 saturated heterocycles. The van der Waals surface area contributed by atoms with Gasteiger partial charge in [0.05, 0.1) is 11.2 Å². The number of rotatable bonds is 1. The SMILES string of the molecule is Cc1c(C)n(-c2cccc3c2oc2ccccc23)c2ccccc12. The first kappa shape index (κ1) is 13.4. The van der Waals surface area contributed by atoms with Crippen LogP contribution >= 0.6 is 0 Å². The van der Waals surface area contributed by atoms with E-state index in [2.05, 4.69) is 73.0 Å². The van der Waals surface area contributed by atoms with E-state index in [1.54, 1.807) is 0 Å². The number of aryl methyl sites for hydroxylation is 1. The van der Waals surface area contributed by atoms with Crippen molar-refractivity contribution in [3.63, 3.8) is 0 Å². The zero-order chi connectivity index (χ0) is 16.3. The van der Waals surface area contributed by atoms with E-state index in [-0.39, 0.29) is 0 Å². The van der Waals surface area contributed by atoms with Gasteiger partial charge in [-0.1, -0.05) is 48.5 Å². The zero-order valence-electron chi connectivity index (χ0n) is 13.7. The average molecular weight is 311 g/mol. The van der Waals surface area contributed by atoms with Gasteiger partial charge in [-0.15, -0.1) is 0 Å². The van der Waals surface area contributed by atoms with Crippen molar-refractivity contribution in [3.8, 4) is 5.69 Å². The Morgan fingerprint density at radius 2 is 1.42 bits per heavy atom. The summed E-state index contributed by atoms with van der Waals surface area (Å²) in [5.74, 6) is 0. The molecule has 0 N–H and O–H groups in total. The predicted molar refractivity (Wildman–Crippen MR) is 100 cm³/mol. The quantitative estimate of drug-likeness (QED) is 0.363. The summed E-state index contributed by atoms with van der Waals surface area (Å²) >= 11 is 0. The van der Waals surface area contributed by atoms with Crippen molar-refractivity contribution in [1.82, 2.24) is 4.57 Å². The molecule has 0 saturated carbocycles. The van der Waals surface area contributed by atoms with Crippen LogP contribution in [-0.2, 0) is 0 Å². The maximum atomic E-state index is 6.23. The second-order valence-corrected chi connectivity index (χ2v) is 6.32. The molecule has 5 aromatic rings. The first-order chi connectivity index (χ1) is 11.8. The van der Waals surface area contributed by atoms with Crippen molar-refractivity contribution in [2.24, 2.45) is 0 Å². The molecule has 0 bridgehead atoms. The molecule has 0 radical (unpaired) electrons. The lowest BCUT2D eigenvalue weighted by molar-refractivity contribution is 0.665. The van der Waals surface area contributed by atoms with E-state index in [1.165, 1.54) is 27.5 Å². The van der Waals surface area contributed by atoms with Gasteiger partial charge in [0.2, 0.25) is 0 Å². The molecule has 0 unspecified atom stereocenters. The van der Waals surface area contributed by atoms with Crippen molar-refractivity contribution in [1.29, 1.82) is 0 Å². The molecule has 2 heterocycles. The van der Waals surface area contributed by atoms with Gasteiger partial charge in [0.1, 0.15) is 5.58 Å². The zero-order valence-corrected chi connectivity index (χ0v) is 13.7. The summed E-state index contributed by atoms with van der Waals surface area (Å²) in [6, 6.07) is 23.2. The molecule has 0 atom stereocenters. The molecule has 0 spiro atoms. The van der Waals surface area contributed by atoms with E-state index in [9.17, 15) is 0 Å². The molecule has 0 amide bonds. The van der Waals surface area contributed by atoms with Gasteiger partial charge in [0.15, 0.2) is 5.58 Å². The number of furan rings is 1. The molecule has 0 aliphatic rings. The summed E-state index contributed by atoms with van der Waals surface area (Å²) < 4.78 is 8.55. The van der Waals surface area contributed by atoms with Crippen LogP contribution in [0.3, 0.4) is 0 Å². The highest BCUT2D eigenvalue weighted by Crippen LogP contribution is 2.36. The Balaban J connectivity index is 1.96. The molecule has 0 aliphatic heterocycles. The van der Waals surface area contributed by atoms with E-state index >= 15 is 0 Å². The van der Waals surface area contributed by atoms with Gasteiger partial charge >= 0.3 is 0 Å². The van der Waals surface area contributed by atoms with Crippen LogP contribution in [-0.4, -0.2) is 4.57 Å². The Bertz CT molecular complexity index is 1220. The average Bonchev–Trinajstić information content (AvgIpc) is 3.12. The van der Waals surface area contributed by atoms with Crippen molar-refractivity contribution in [2.45, 2.75) is 13.8 Å². The largest absolute Gasteiger partial charge is 0.454 e. The molecule has 24 heavy (non-hydrogen) atoms. The summed E-state index contributed by atoms with van der Waals surface area (Å²) in [7, 11) is 0. The van der Waals surface area contributed by atoms with Gasteiger partial charge in [0.25, 0.3) is 0 Å². The van der Waals surface area contributed by atoms with Crippen LogP contribution in [0.1, 0.15) is 11.3 Å². The van der Waals surface area contributed by atoms with E-state index in [0.717, 1.165) is 22.2 Å². The van der Waals surface area contributed by atoms with E-state index in [1.807, 2.05) is 12.1 Å². The number of fused-ring (bicyclic) bond motifs is 4. The van der Waals surface area contributed by atoms with Crippen molar-refractivity contribution in [3.05, 3.63) is 78.0 Å². The van der Waals surface area contributed by atoms with Crippen LogP contribution in [0.5, 0.6) is 0 Å².